The zero-order valence-corrected chi connectivity index (χ0v) is 15.0. The van der Waals surface area contributed by atoms with Crippen LogP contribution in [0.25, 0.3) is 0 Å². The second-order valence-electron chi connectivity index (χ2n) is 6.04. The van der Waals surface area contributed by atoms with E-state index in [1.54, 1.807) is 12.1 Å². The maximum atomic E-state index is 11.9. The molecule has 1 aromatic carbocycles. The average molecular weight is 382 g/mol. The van der Waals surface area contributed by atoms with Gasteiger partial charge in [0.1, 0.15) is 0 Å². The van der Waals surface area contributed by atoms with Crippen molar-refractivity contribution in [2.45, 2.75) is 24.2 Å². The zero-order chi connectivity index (χ0) is 19.2. The van der Waals surface area contributed by atoms with Crippen LogP contribution in [0.1, 0.15) is 18.4 Å². The molecule has 0 bridgehead atoms. The highest BCUT2D eigenvalue weighted by molar-refractivity contribution is 7.89. The van der Waals surface area contributed by atoms with E-state index in [1.165, 1.54) is 12.1 Å². The smallest absolute Gasteiger partial charge is 0.315 e. The quantitative estimate of drug-likeness (QED) is 0.462. The van der Waals surface area contributed by atoms with Crippen LogP contribution in [0.3, 0.4) is 0 Å². The summed E-state index contributed by atoms with van der Waals surface area (Å²) in [5.41, 5.74) is 0.767. The van der Waals surface area contributed by atoms with E-state index in [1.807, 2.05) is 0 Å². The highest BCUT2D eigenvalue weighted by Crippen LogP contribution is 2.11. The molecule has 26 heavy (non-hydrogen) atoms. The molecule has 0 atom stereocenters. The average Bonchev–Trinajstić information content (AvgIpc) is 2.62. The molecule has 0 aromatic heterocycles. The number of carbonyl (C=O) groups is 3. The van der Waals surface area contributed by atoms with Gasteiger partial charge < -0.3 is 10.6 Å². The van der Waals surface area contributed by atoms with Crippen molar-refractivity contribution < 1.29 is 22.8 Å². The summed E-state index contributed by atoms with van der Waals surface area (Å²) in [5.74, 6) is -2.54. The molecule has 1 aliphatic rings. The van der Waals surface area contributed by atoms with Crippen LogP contribution in [0.15, 0.2) is 29.2 Å². The molecule has 0 unspecified atom stereocenters. The fourth-order valence-electron chi connectivity index (χ4n) is 2.60. The Morgan fingerprint density at radius 2 is 1.69 bits per heavy atom. The van der Waals surface area contributed by atoms with Gasteiger partial charge in [0.05, 0.1) is 4.90 Å². The third-order valence-electron chi connectivity index (χ3n) is 4.10. The summed E-state index contributed by atoms with van der Waals surface area (Å²) in [6.07, 6.45) is 1.66. The summed E-state index contributed by atoms with van der Waals surface area (Å²) >= 11 is 0. The van der Waals surface area contributed by atoms with Crippen molar-refractivity contribution in [1.29, 1.82) is 0 Å². The monoisotopic (exact) mass is 382 g/mol. The van der Waals surface area contributed by atoms with Crippen LogP contribution in [0.2, 0.25) is 0 Å². The molecule has 0 radical (unpaired) electrons. The fraction of sp³-hybridized carbons (Fsp3) is 0.438. The third kappa shape index (κ3) is 5.90. The number of nitrogens with one attached hydrogen (secondary N) is 3. The first-order chi connectivity index (χ1) is 12.3. The van der Waals surface area contributed by atoms with Gasteiger partial charge in [-0.3, -0.25) is 19.7 Å². The van der Waals surface area contributed by atoms with Crippen molar-refractivity contribution in [2.75, 3.05) is 19.6 Å². The third-order valence-corrected chi connectivity index (χ3v) is 5.03. The summed E-state index contributed by atoms with van der Waals surface area (Å²) < 4.78 is 22.3. The molecule has 2 rings (SSSR count). The van der Waals surface area contributed by atoms with Crippen molar-refractivity contribution in [2.24, 2.45) is 11.1 Å². The van der Waals surface area contributed by atoms with Crippen LogP contribution in [0.5, 0.6) is 0 Å². The Hall–Kier alpha value is -2.30. The van der Waals surface area contributed by atoms with Crippen LogP contribution in [-0.4, -0.2) is 45.8 Å². The molecule has 1 aromatic rings. The lowest BCUT2D eigenvalue weighted by atomic mass is 9.97. The van der Waals surface area contributed by atoms with Gasteiger partial charge in [0.15, 0.2) is 0 Å². The van der Waals surface area contributed by atoms with Crippen LogP contribution in [-0.2, 0) is 30.8 Å². The number of hydrogen-bond acceptors (Lipinski definition) is 6. The first-order valence-electron chi connectivity index (χ1n) is 8.23. The van der Waals surface area contributed by atoms with Crippen LogP contribution >= 0.6 is 0 Å². The molecule has 0 saturated carbocycles. The number of amides is 3. The highest BCUT2D eigenvalue weighted by atomic mass is 32.2. The van der Waals surface area contributed by atoms with Gasteiger partial charge in [-0.15, -0.1) is 0 Å². The molecular formula is C16H22N4O5S. The molecular weight excluding hydrogens is 360 g/mol. The van der Waals surface area contributed by atoms with E-state index < -0.39 is 27.7 Å². The Labute approximate surface area is 151 Å². The number of benzene rings is 1. The summed E-state index contributed by atoms with van der Waals surface area (Å²) in [7, 11) is -3.74. The Kier molecular flexibility index (Phi) is 6.83. The van der Waals surface area contributed by atoms with Crippen molar-refractivity contribution in [3.05, 3.63) is 29.8 Å². The number of sulfonamides is 1. The number of rotatable bonds is 5. The Balaban J connectivity index is 1.75. The van der Waals surface area contributed by atoms with Crippen molar-refractivity contribution in [3.63, 3.8) is 0 Å². The number of primary sulfonamides is 1. The van der Waals surface area contributed by atoms with Gasteiger partial charge >= 0.3 is 11.8 Å². The molecule has 1 heterocycles. The van der Waals surface area contributed by atoms with E-state index in [9.17, 15) is 22.8 Å². The first kappa shape index (κ1) is 20.0. The summed E-state index contributed by atoms with van der Waals surface area (Å²) in [6, 6.07) is 5.90. The predicted molar refractivity (Wildman–Crippen MR) is 93.3 cm³/mol. The Morgan fingerprint density at radius 1 is 1.08 bits per heavy atom. The van der Waals surface area contributed by atoms with Crippen molar-refractivity contribution in [1.82, 2.24) is 16.0 Å². The molecule has 1 fully saturated rings. The summed E-state index contributed by atoms with van der Waals surface area (Å²) in [5, 5.41) is 12.7. The largest absolute Gasteiger partial charge is 0.347 e. The molecule has 1 aliphatic heterocycles. The molecule has 142 valence electrons. The van der Waals surface area contributed by atoms with Crippen molar-refractivity contribution >= 4 is 27.7 Å². The molecule has 1 saturated heterocycles. The Bertz CT molecular complexity index is 770. The van der Waals surface area contributed by atoms with Gasteiger partial charge in [0, 0.05) is 12.5 Å². The molecule has 0 aliphatic carbocycles. The lowest BCUT2D eigenvalue weighted by Crippen LogP contribution is -2.46. The van der Waals surface area contributed by atoms with Gasteiger partial charge in [-0.25, -0.2) is 13.6 Å². The van der Waals surface area contributed by atoms with E-state index in [-0.39, 0.29) is 17.4 Å². The fourth-order valence-corrected chi connectivity index (χ4v) is 3.12. The molecule has 3 amide bonds. The number of hydrogen-bond donors (Lipinski definition) is 4. The Morgan fingerprint density at radius 3 is 2.27 bits per heavy atom. The van der Waals surface area contributed by atoms with Crippen molar-refractivity contribution in [3.8, 4) is 0 Å². The lowest BCUT2D eigenvalue weighted by molar-refractivity contribution is -0.143. The second kappa shape index (κ2) is 8.88. The SMILES string of the molecule is NS(=O)(=O)c1ccc(CCNC(=O)C(=O)NC(=O)C2CCNCC2)cc1. The molecule has 0 spiro atoms. The first-order valence-corrected chi connectivity index (χ1v) is 9.77. The van der Waals surface area contributed by atoms with E-state index in [0.717, 1.165) is 5.56 Å². The van der Waals surface area contributed by atoms with Gasteiger partial charge in [-0.1, -0.05) is 12.1 Å². The maximum Gasteiger partial charge on any atom is 0.315 e. The van der Waals surface area contributed by atoms with Crippen LogP contribution in [0, 0.1) is 5.92 Å². The van der Waals surface area contributed by atoms with Gasteiger partial charge in [0.2, 0.25) is 15.9 Å². The van der Waals surface area contributed by atoms with E-state index >= 15 is 0 Å². The van der Waals surface area contributed by atoms with E-state index in [4.69, 9.17) is 5.14 Å². The van der Waals surface area contributed by atoms with Gasteiger partial charge in [0.25, 0.3) is 0 Å². The number of nitrogens with two attached hydrogens (primary N) is 1. The number of piperidine rings is 1. The van der Waals surface area contributed by atoms with E-state index in [2.05, 4.69) is 16.0 Å². The van der Waals surface area contributed by atoms with Crippen LogP contribution < -0.4 is 21.1 Å². The minimum absolute atomic E-state index is 0.00101. The normalized spacial score (nSPS) is 15.3. The predicted octanol–water partition coefficient (Wildman–Crippen LogP) is -1.36. The molecule has 10 heteroatoms. The summed E-state index contributed by atoms with van der Waals surface area (Å²) in [6.45, 7) is 1.59. The zero-order valence-electron chi connectivity index (χ0n) is 14.2. The van der Waals surface area contributed by atoms with Gasteiger partial charge in [-0.2, -0.15) is 0 Å². The van der Waals surface area contributed by atoms with E-state index in [0.29, 0.717) is 32.4 Å². The maximum absolute atomic E-state index is 11.9. The topological polar surface area (TPSA) is 147 Å². The lowest BCUT2D eigenvalue weighted by Gasteiger charge is -2.21. The minimum atomic E-state index is -3.74. The van der Waals surface area contributed by atoms with Gasteiger partial charge in [-0.05, 0) is 50.0 Å². The molecule has 5 N–H and O–H groups in total. The standard InChI is InChI=1S/C16H22N4O5S/c17-26(24,25)13-3-1-11(2-4-13)5-10-19-15(22)16(23)20-14(21)12-6-8-18-9-7-12/h1-4,12,18H,5-10H2,(H,19,22)(H2,17,24,25)(H,20,21,23). The molecule has 9 nitrogen and oxygen atoms in total. The second-order valence-corrected chi connectivity index (χ2v) is 7.60. The minimum Gasteiger partial charge on any atom is -0.347 e. The number of carbonyl (C=O) groups excluding carboxylic acids is 3. The van der Waals surface area contributed by atoms with Crippen LogP contribution in [0.4, 0.5) is 0 Å². The highest BCUT2D eigenvalue weighted by Gasteiger charge is 2.24. The summed E-state index contributed by atoms with van der Waals surface area (Å²) in [4.78, 5) is 35.4. The number of imide groups is 1.